The molecule has 2 rings (SSSR count). The highest BCUT2D eigenvalue weighted by molar-refractivity contribution is 7.89. The van der Waals surface area contributed by atoms with E-state index in [9.17, 15) is 12.8 Å². The molecule has 19 heavy (non-hydrogen) atoms. The van der Waals surface area contributed by atoms with Gasteiger partial charge in [0.25, 0.3) is 0 Å². The molecule has 1 heterocycles. The van der Waals surface area contributed by atoms with Crippen LogP contribution in [0, 0.1) is 5.82 Å². The van der Waals surface area contributed by atoms with Gasteiger partial charge < -0.3 is 10.2 Å². The molecule has 102 valence electrons. The second kappa shape index (κ2) is 5.02. The predicted molar refractivity (Wildman–Crippen MR) is 68.3 cm³/mol. The Morgan fingerprint density at radius 2 is 2.11 bits per heavy atom. The Bertz CT molecular complexity index is 668. The van der Waals surface area contributed by atoms with E-state index < -0.39 is 21.9 Å². The smallest absolute Gasteiger partial charge is 0.243 e. The highest BCUT2D eigenvalue weighted by atomic mass is 32.2. The van der Waals surface area contributed by atoms with Crippen molar-refractivity contribution in [2.24, 2.45) is 0 Å². The number of hydrogen-bond donors (Lipinski definition) is 2. The van der Waals surface area contributed by atoms with Crippen LogP contribution in [0.3, 0.4) is 0 Å². The number of furan rings is 1. The summed E-state index contributed by atoms with van der Waals surface area (Å²) < 4.78 is 44.8. The third-order valence-electron chi connectivity index (χ3n) is 2.57. The Balaban J connectivity index is 2.30. The fraction of sp³-hybridized carbons (Fsp3) is 0.167. The molecule has 0 aliphatic heterocycles. The van der Waals surface area contributed by atoms with Crippen molar-refractivity contribution in [2.45, 2.75) is 17.9 Å². The molecule has 0 spiro atoms. The van der Waals surface area contributed by atoms with Gasteiger partial charge in [0.15, 0.2) is 0 Å². The quantitative estimate of drug-likeness (QED) is 0.841. The molecule has 1 unspecified atom stereocenters. The van der Waals surface area contributed by atoms with Gasteiger partial charge in [0.2, 0.25) is 10.0 Å². The number of anilines is 1. The lowest BCUT2D eigenvalue weighted by Crippen LogP contribution is -2.27. The average Bonchev–Trinajstić information content (AvgIpc) is 2.85. The number of rotatable bonds is 4. The maximum atomic E-state index is 13.1. The van der Waals surface area contributed by atoms with Gasteiger partial charge in [-0.2, -0.15) is 0 Å². The fourth-order valence-corrected chi connectivity index (χ4v) is 2.99. The number of sulfonamides is 1. The Morgan fingerprint density at radius 3 is 2.74 bits per heavy atom. The van der Waals surface area contributed by atoms with Crippen LogP contribution in [-0.2, 0) is 10.0 Å². The Kier molecular flexibility index (Phi) is 3.59. The topological polar surface area (TPSA) is 85.3 Å². The van der Waals surface area contributed by atoms with Crippen LogP contribution in [-0.4, -0.2) is 8.42 Å². The molecule has 0 saturated carbocycles. The van der Waals surface area contributed by atoms with E-state index in [2.05, 4.69) is 4.72 Å². The molecule has 0 radical (unpaired) electrons. The Labute approximate surface area is 110 Å². The first-order valence-electron chi connectivity index (χ1n) is 5.51. The van der Waals surface area contributed by atoms with Gasteiger partial charge in [-0.25, -0.2) is 17.5 Å². The molecule has 0 amide bonds. The minimum Gasteiger partial charge on any atom is -0.468 e. The molecule has 0 saturated heterocycles. The van der Waals surface area contributed by atoms with Crippen LogP contribution in [0.2, 0.25) is 0 Å². The van der Waals surface area contributed by atoms with Crippen molar-refractivity contribution in [3.8, 4) is 0 Å². The standard InChI is InChI=1S/C12H13FN2O3S/c1-8(11-3-2-6-18-11)15-19(16,17)12-7-9(13)4-5-10(12)14/h2-8,15H,14H2,1H3. The first-order chi connectivity index (χ1) is 8.90. The summed E-state index contributed by atoms with van der Waals surface area (Å²) >= 11 is 0. The number of halogens is 1. The van der Waals surface area contributed by atoms with Crippen LogP contribution in [0.1, 0.15) is 18.7 Å². The zero-order valence-corrected chi connectivity index (χ0v) is 10.9. The predicted octanol–water partition coefficient (Wildman–Crippen LogP) is 2.04. The van der Waals surface area contributed by atoms with Crippen LogP contribution in [0.25, 0.3) is 0 Å². The first kappa shape index (κ1) is 13.6. The van der Waals surface area contributed by atoms with Crippen LogP contribution in [0.4, 0.5) is 10.1 Å². The minimum atomic E-state index is -3.91. The summed E-state index contributed by atoms with van der Waals surface area (Å²) in [6.07, 6.45) is 1.44. The largest absolute Gasteiger partial charge is 0.468 e. The van der Waals surface area contributed by atoms with Gasteiger partial charge in [0, 0.05) is 0 Å². The molecular formula is C12H13FN2O3S. The van der Waals surface area contributed by atoms with Crippen molar-refractivity contribution in [3.63, 3.8) is 0 Å². The maximum Gasteiger partial charge on any atom is 0.243 e. The summed E-state index contributed by atoms with van der Waals surface area (Å²) in [7, 11) is -3.91. The van der Waals surface area contributed by atoms with E-state index in [1.807, 2.05) is 0 Å². The second-order valence-electron chi connectivity index (χ2n) is 4.04. The number of nitrogens with two attached hydrogens (primary N) is 1. The van der Waals surface area contributed by atoms with Gasteiger partial charge in [-0.05, 0) is 37.3 Å². The van der Waals surface area contributed by atoms with Crippen molar-refractivity contribution < 1.29 is 17.2 Å². The van der Waals surface area contributed by atoms with Crippen LogP contribution in [0.15, 0.2) is 45.9 Å². The Hall–Kier alpha value is -1.86. The van der Waals surface area contributed by atoms with Crippen LogP contribution < -0.4 is 10.5 Å². The van der Waals surface area contributed by atoms with Crippen LogP contribution in [0.5, 0.6) is 0 Å². The van der Waals surface area contributed by atoms with Crippen molar-refractivity contribution in [3.05, 3.63) is 48.2 Å². The average molecular weight is 284 g/mol. The van der Waals surface area contributed by atoms with Gasteiger partial charge in [-0.3, -0.25) is 0 Å². The van der Waals surface area contributed by atoms with E-state index in [1.165, 1.54) is 12.3 Å². The zero-order valence-electron chi connectivity index (χ0n) is 10.1. The lowest BCUT2D eigenvalue weighted by Gasteiger charge is -2.13. The summed E-state index contributed by atoms with van der Waals surface area (Å²) in [5.41, 5.74) is 5.55. The molecule has 1 aromatic heterocycles. The van der Waals surface area contributed by atoms with E-state index in [4.69, 9.17) is 10.2 Å². The Morgan fingerprint density at radius 1 is 1.37 bits per heavy atom. The number of benzene rings is 1. The molecule has 1 atom stereocenters. The molecule has 0 fully saturated rings. The SMILES string of the molecule is CC(NS(=O)(=O)c1cc(F)ccc1N)c1ccco1. The van der Waals surface area contributed by atoms with Crippen LogP contribution >= 0.6 is 0 Å². The third-order valence-corrected chi connectivity index (χ3v) is 4.16. The summed E-state index contributed by atoms with van der Waals surface area (Å²) in [6.45, 7) is 1.62. The summed E-state index contributed by atoms with van der Waals surface area (Å²) in [6, 6.07) is 5.90. The van der Waals surface area contributed by atoms with Gasteiger partial charge >= 0.3 is 0 Å². The molecule has 2 aromatic rings. The van der Waals surface area contributed by atoms with Crippen molar-refractivity contribution >= 4 is 15.7 Å². The number of hydrogen-bond acceptors (Lipinski definition) is 4. The second-order valence-corrected chi connectivity index (χ2v) is 5.72. The van der Waals surface area contributed by atoms with Gasteiger partial charge in [-0.15, -0.1) is 0 Å². The molecule has 0 aliphatic carbocycles. The van der Waals surface area contributed by atoms with E-state index in [1.54, 1.807) is 19.1 Å². The summed E-state index contributed by atoms with van der Waals surface area (Å²) in [4.78, 5) is -0.286. The molecule has 1 aromatic carbocycles. The number of nitrogens with one attached hydrogen (secondary N) is 1. The van der Waals surface area contributed by atoms with Gasteiger partial charge in [0.05, 0.1) is 18.0 Å². The third kappa shape index (κ3) is 2.94. The van der Waals surface area contributed by atoms with E-state index in [-0.39, 0.29) is 10.6 Å². The summed E-state index contributed by atoms with van der Waals surface area (Å²) in [5.74, 6) is -0.209. The lowest BCUT2D eigenvalue weighted by atomic mass is 10.3. The monoisotopic (exact) mass is 284 g/mol. The maximum absolute atomic E-state index is 13.1. The van der Waals surface area contributed by atoms with E-state index >= 15 is 0 Å². The molecule has 5 nitrogen and oxygen atoms in total. The normalized spacial score (nSPS) is 13.4. The molecule has 0 aliphatic rings. The van der Waals surface area contributed by atoms with Crippen molar-refractivity contribution in [1.82, 2.24) is 4.72 Å². The molecule has 0 bridgehead atoms. The van der Waals surface area contributed by atoms with Gasteiger partial charge in [-0.1, -0.05) is 0 Å². The number of nitrogen functional groups attached to an aromatic ring is 1. The molecular weight excluding hydrogens is 271 g/mol. The summed E-state index contributed by atoms with van der Waals surface area (Å²) in [5, 5.41) is 0. The molecule has 7 heteroatoms. The highest BCUT2D eigenvalue weighted by Crippen LogP contribution is 2.22. The van der Waals surface area contributed by atoms with E-state index in [0.717, 1.165) is 12.1 Å². The van der Waals surface area contributed by atoms with Gasteiger partial charge in [0.1, 0.15) is 16.5 Å². The first-order valence-corrected chi connectivity index (χ1v) is 6.99. The van der Waals surface area contributed by atoms with Crippen molar-refractivity contribution in [2.75, 3.05) is 5.73 Å². The highest BCUT2D eigenvalue weighted by Gasteiger charge is 2.22. The van der Waals surface area contributed by atoms with E-state index in [0.29, 0.717) is 5.76 Å². The lowest BCUT2D eigenvalue weighted by molar-refractivity contribution is 0.459. The molecule has 3 N–H and O–H groups in total. The zero-order chi connectivity index (χ0) is 14.0. The minimum absolute atomic E-state index is 0.0134. The fourth-order valence-electron chi connectivity index (χ4n) is 1.63. The van der Waals surface area contributed by atoms with Crippen molar-refractivity contribution in [1.29, 1.82) is 0 Å².